The van der Waals surface area contributed by atoms with E-state index in [-0.39, 0.29) is 5.75 Å². The second-order valence-electron chi connectivity index (χ2n) is 6.32. The molecule has 2 N–H and O–H groups in total. The van der Waals surface area contributed by atoms with Crippen molar-refractivity contribution in [2.75, 3.05) is 5.32 Å². The van der Waals surface area contributed by atoms with E-state index < -0.39 is 0 Å². The summed E-state index contributed by atoms with van der Waals surface area (Å²) in [7, 11) is 0. The van der Waals surface area contributed by atoms with Gasteiger partial charge in [0.05, 0.1) is 11.4 Å². The van der Waals surface area contributed by atoms with Crippen LogP contribution in [0.2, 0.25) is 0 Å². The third kappa shape index (κ3) is 3.64. The first-order valence-corrected chi connectivity index (χ1v) is 8.63. The van der Waals surface area contributed by atoms with Gasteiger partial charge in [-0.1, -0.05) is 30.3 Å². The van der Waals surface area contributed by atoms with E-state index in [1.807, 2.05) is 56.3 Å². The minimum atomic E-state index is 0.219. The van der Waals surface area contributed by atoms with Crippen molar-refractivity contribution in [3.8, 4) is 23.0 Å². The molecular weight excluding hydrogens is 338 g/mol. The molecule has 0 aliphatic rings. The van der Waals surface area contributed by atoms with Gasteiger partial charge in [-0.3, -0.25) is 0 Å². The van der Waals surface area contributed by atoms with Crippen molar-refractivity contribution in [3.05, 3.63) is 78.1 Å². The van der Waals surface area contributed by atoms with Crippen LogP contribution in [-0.2, 0) is 0 Å². The fourth-order valence-electron chi connectivity index (χ4n) is 2.87. The van der Waals surface area contributed by atoms with Crippen LogP contribution in [0.1, 0.15) is 11.4 Å². The standard InChI is InChI=1S/C21H19N5O/c1-14-12-15(2)26(25-14)21-23-19(16-6-4-3-5-7-16)13-20(24-21)22-17-8-10-18(27)11-9-17/h3-13,27H,1-2H3,(H,22,23,24). The third-order valence-electron chi connectivity index (χ3n) is 4.12. The maximum absolute atomic E-state index is 9.48. The van der Waals surface area contributed by atoms with Crippen LogP contribution in [-0.4, -0.2) is 24.9 Å². The van der Waals surface area contributed by atoms with Crippen LogP contribution in [0.15, 0.2) is 66.7 Å². The number of nitrogens with zero attached hydrogens (tertiary/aromatic N) is 4. The Morgan fingerprint density at radius 1 is 0.889 bits per heavy atom. The van der Waals surface area contributed by atoms with Gasteiger partial charge in [0.25, 0.3) is 5.95 Å². The highest BCUT2D eigenvalue weighted by atomic mass is 16.3. The van der Waals surface area contributed by atoms with Gasteiger partial charge in [0.2, 0.25) is 0 Å². The number of benzene rings is 2. The Kier molecular flexibility index (Phi) is 4.30. The molecule has 4 rings (SSSR count). The molecule has 2 aromatic carbocycles. The molecule has 4 aromatic rings. The summed E-state index contributed by atoms with van der Waals surface area (Å²) in [6.07, 6.45) is 0. The van der Waals surface area contributed by atoms with Crippen molar-refractivity contribution < 1.29 is 5.11 Å². The number of rotatable bonds is 4. The van der Waals surface area contributed by atoms with Crippen LogP contribution in [0.25, 0.3) is 17.2 Å². The van der Waals surface area contributed by atoms with Gasteiger partial charge in [0.15, 0.2) is 0 Å². The number of anilines is 2. The first-order chi connectivity index (χ1) is 13.1. The number of aryl methyl sites for hydroxylation is 2. The Morgan fingerprint density at radius 3 is 2.30 bits per heavy atom. The number of phenols is 1. The zero-order valence-corrected chi connectivity index (χ0v) is 15.1. The van der Waals surface area contributed by atoms with Crippen LogP contribution >= 0.6 is 0 Å². The maximum Gasteiger partial charge on any atom is 0.253 e. The number of hydrogen-bond donors (Lipinski definition) is 2. The van der Waals surface area contributed by atoms with E-state index >= 15 is 0 Å². The van der Waals surface area contributed by atoms with Crippen LogP contribution in [0.4, 0.5) is 11.5 Å². The Labute approximate surface area is 157 Å². The molecule has 6 nitrogen and oxygen atoms in total. The van der Waals surface area contributed by atoms with E-state index in [0.717, 1.165) is 28.3 Å². The fraction of sp³-hybridized carbons (Fsp3) is 0.0952. The zero-order chi connectivity index (χ0) is 18.8. The SMILES string of the molecule is Cc1cc(C)n(-c2nc(Nc3ccc(O)cc3)cc(-c3ccccc3)n2)n1. The van der Waals surface area contributed by atoms with E-state index in [4.69, 9.17) is 4.98 Å². The summed E-state index contributed by atoms with van der Waals surface area (Å²) in [4.78, 5) is 9.35. The highest BCUT2D eigenvalue weighted by molar-refractivity contribution is 5.66. The Morgan fingerprint density at radius 2 is 1.63 bits per heavy atom. The number of aromatic hydroxyl groups is 1. The molecule has 27 heavy (non-hydrogen) atoms. The Bertz CT molecular complexity index is 1070. The van der Waals surface area contributed by atoms with Crippen molar-refractivity contribution >= 4 is 11.5 Å². The molecule has 134 valence electrons. The fourth-order valence-corrected chi connectivity index (χ4v) is 2.87. The molecule has 0 saturated carbocycles. The highest BCUT2D eigenvalue weighted by Crippen LogP contribution is 2.24. The molecule has 0 atom stereocenters. The van der Waals surface area contributed by atoms with Gasteiger partial charge in [0, 0.05) is 23.0 Å². The van der Waals surface area contributed by atoms with Crippen molar-refractivity contribution in [2.45, 2.75) is 13.8 Å². The van der Waals surface area contributed by atoms with Gasteiger partial charge in [-0.15, -0.1) is 0 Å². The summed E-state index contributed by atoms with van der Waals surface area (Å²) >= 11 is 0. The number of hydrogen-bond acceptors (Lipinski definition) is 5. The predicted molar refractivity (Wildman–Crippen MR) is 105 cm³/mol. The average molecular weight is 357 g/mol. The lowest BCUT2D eigenvalue weighted by Gasteiger charge is -2.11. The van der Waals surface area contributed by atoms with Gasteiger partial charge in [-0.25, -0.2) is 9.67 Å². The molecular formula is C21H19N5O. The van der Waals surface area contributed by atoms with Crippen molar-refractivity contribution in [1.82, 2.24) is 19.7 Å². The summed E-state index contributed by atoms with van der Waals surface area (Å²) in [5.41, 5.74) is 4.50. The van der Waals surface area contributed by atoms with Gasteiger partial charge in [0.1, 0.15) is 11.6 Å². The molecule has 0 aliphatic heterocycles. The predicted octanol–water partition coefficient (Wildman–Crippen LogP) is 4.40. The molecule has 0 bridgehead atoms. The lowest BCUT2D eigenvalue weighted by Crippen LogP contribution is -2.08. The molecule has 0 amide bonds. The minimum Gasteiger partial charge on any atom is -0.508 e. The second kappa shape index (κ2) is 6.92. The largest absolute Gasteiger partial charge is 0.508 e. The van der Waals surface area contributed by atoms with Crippen molar-refractivity contribution in [3.63, 3.8) is 0 Å². The second-order valence-corrected chi connectivity index (χ2v) is 6.32. The van der Waals surface area contributed by atoms with Gasteiger partial charge in [-0.05, 0) is 44.2 Å². The van der Waals surface area contributed by atoms with Crippen LogP contribution in [0.3, 0.4) is 0 Å². The summed E-state index contributed by atoms with van der Waals surface area (Å²) < 4.78 is 1.74. The molecule has 0 aliphatic carbocycles. The smallest absolute Gasteiger partial charge is 0.253 e. The quantitative estimate of drug-likeness (QED) is 0.530. The topological polar surface area (TPSA) is 75.9 Å². The molecule has 6 heteroatoms. The van der Waals surface area contributed by atoms with E-state index in [1.54, 1.807) is 28.9 Å². The Balaban J connectivity index is 1.81. The highest BCUT2D eigenvalue weighted by Gasteiger charge is 2.12. The molecule has 0 saturated heterocycles. The first-order valence-electron chi connectivity index (χ1n) is 8.63. The molecule has 2 aromatic heterocycles. The zero-order valence-electron chi connectivity index (χ0n) is 15.1. The van der Waals surface area contributed by atoms with Crippen molar-refractivity contribution in [2.24, 2.45) is 0 Å². The number of phenolic OH excluding ortho intramolecular Hbond substituents is 1. The summed E-state index contributed by atoms with van der Waals surface area (Å²) in [5, 5.41) is 17.3. The summed E-state index contributed by atoms with van der Waals surface area (Å²) in [6, 6.07) is 20.7. The van der Waals surface area contributed by atoms with Crippen molar-refractivity contribution in [1.29, 1.82) is 0 Å². The van der Waals surface area contributed by atoms with E-state index in [1.165, 1.54) is 0 Å². The molecule has 0 fully saturated rings. The number of nitrogens with one attached hydrogen (secondary N) is 1. The van der Waals surface area contributed by atoms with Crippen LogP contribution < -0.4 is 5.32 Å². The third-order valence-corrected chi connectivity index (χ3v) is 4.12. The monoisotopic (exact) mass is 357 g/mol. The van der Waals surface area contributed by atoms with Crippen LogP contribution in [0, 0.1) is 13.8 Å². The van der Waals surface area contributed by atoms with Gasteiger partial charge < -0.3 is 10.4 Å². The maximum atomic E-state index is 9.48. The summed E-state index contributed by atoms with van der Waals surface area (Å²) in [5.74, 6) is 1.37. The average Bonchev–Trinajstić information content (AvgIpc) is 3.02. The molecule has 2 heterocycles. The normalized spacial score (nSPS) is 10.7. The summed E-state index contributed by atoms with van der Waals surface area (Å²) in [6.45, 7) is 3.92. The number of aromatic nitrogens is 4. The van der Waals surface area contributed by atoms with Crippen LogP contribution in [0.5, 0.6) is 5.75 Å². The lowest BCUT2D eigenvalue weighted by molar-refractivity contribution is 0.475. The molecule has 0 spiro atoms. The van der Waals surface area contributed by atoms with Gasteiger partial charge in [-0.2, -0.15) is 10.1 Å². The molecule has 0 radical (unpaired) electrons. The Hall–Kier alpha value is -3.67. The first kappa shape index (κ1) is 16.8. The lowest BCUT2D eigenvalue weighted by atomic mass is 10.1. The van der Waals surface area contributed by atoms with E-state index in [9.17, 15) is 5.11 Å². The minimum absolute atomic E-state index is 0.219. The van der Waals surface area contributed by atoms with E-state index in [2.05, 4.69) is 15.4 Å². The molecule has 0 unspecified atom stereocenters. The van der Waals surface area contributed by atoms with Gasteiger partial charge >= 0.3 is 0 Å². The van der Waals surface area contributed by atoms with E-state index in [0.29, 0.717) is 11.8 Å².